The summed E-state index contributed by atoms with van der Waals surface area (Å²) in [6.07, 6.45) is 1.89. The number of nitrogens with one attached hydrogen (secondary N) is 1. The van der Waals surface area contributed by atoms with Crippen molar-refractivity contribution in [2.24, 2.45) is 0 Å². The van der Waals surface area contributed by atoms with E-state index in [4.69, 9.17) is 0 Å². The summed E-state index contributed by atoms with van der Waals surface area (Å²) in [5.41, 5.74) is 2.91. The van der Waals surface area contributed by atoms with Gasteiger partial charge in [-0.25, -0.2) is 0 Å². The Balaban J connectivity index is 0.00000243. The van der Waals surface area contributed by atoms with Crippen molar-refractivity contribution in [3.63, 3.8) is 0 Å². The highest BCUT2D eigenvalue weighted by Gasteiger charge is 2.14. The summed E-state index contributed by atoms with van der Waals surface area (Å²) in [5, 5.41) is 2.83. The SMILES string of the molecule is Br.Cc1cccc[n+]1CC(=O)c1ccc(NC(=O)c2ccccc2)cc1. The van der Waals surface area contributed by atoms with Crippen molar-refractivity contribution < 1.29 is 14.2 Å². The number of amides is 1. The summed E-state index contributed by atoms with van der Waals surface area (Å²) in [6.45, 7) is 2.26. The van der Waals surface area contributed by atoms with Gasteiger partial charge in [-0.2, -0.15) is 4.57 Å². The first-order valence-corrected chi connectivity index (χ1v) is 8.08. The Morgan fingerprint density at radius 2 is 1.50 bits per heavy atom. The summed E-state index contributed by atoms with van der Waals surface area (Å²) in [7, 11) is 0. The maximum atomic E-state index is 12.4. The van der Waals surface area contributed by atoms with Gasteiger partial charge in [-0.1, -0.05) is 24.3 Å². The highest BCUT2D eigenvalue weighted by atomic mass is 79.9. The zero-order valence-electron chi connectivity index (χ0n) is 14.4. The topological polar surface area (TPSA) is 50.0 Å². The molecule has 0 aliphatic heterocycles. The summed E-state index contributed by atoms with van der Waals surface area (Å²) >= 11 is 0. The second-order valence-electron chi connectivity index (χ2n) is 5.79. The van der Waals surface area contributed by atoms with E-state index in [2.05, 4.69) is 5.32 Å². The van der Waals surface area contributed by atoms with Crippen LogP contribution in [0.15, 0.2) is 79.0 Å². The Kier molecular flexibility index (Phi) is 6.81. The molecule has 0 fully saturated rings. The van der Waals surface area contributed by atoms with E-state index in [-0.39, 0.29) is 28.7 Å². The highest BCUT2D eigenvalue weighted by Crippen LogP contribution is 2.12. The molecule has 0 bridgehead atoms. The second kappa shape index (κ2) is 9.06. The molecule has 4 nitrogen and oxygen atoms in total. The third-order valence-corrected chi connectivity index (χ3v) is 3.98. The molecule has 1 aromatic heterocycles. The van der Waals surface area contributed by atoms with Gasteiger partial charge in [-0.05, 0) is 36.4 Å². The van der Waals surface area contributed by atoms with Crippen LogP contribution < -0.4 is 9.88 Å². The number of carbonyl (C=O) groups excluding carboxylic acids is 2. The molecule has 2 aromatic carbocycles. The number of anilines is 1. The number of halogens is 1. The number of rotatable bonds is 5. The lowest BCUT2D eigenvalue weighted by Gasteiger charge is -2.06. The van der Waals surface area contributed by atoms with Crippen molar-refractivity contribution >= 4 is 34.4 Å². The summed E-state index contributed by atoms with van der Waals surface area (Å²) in [5.74, 6) is -0.143. The zero-order chi connectivity index (χ0) is 17.6. The van der Waals surface area contributed by atoms with E-state index < -0.39 is 0 Å². The van der Waals surface area contributed by atoms with Crippen LogP contribution in [-0.2, 0) is 6.54 Å². The lowest BCUT2D eigenvalue weighted by Crippen LogP contribution is -2.40. The molecule has 0 atom stereocenters. The van der Waals surface area contributed by atoms with E-state index in [1.807, 2.05) is 54.1 Å². The minimum absolute atomic E-state index is 0. The number of carbonyl (C=O) groups is 2. The Hall–Kier alpha value is -2.79. The smallest absolute Gasteiger partial charge is 0.255 e. The van der Waals surface area contributed by atoms with Gasteiger partial charge in [0.1, 0.15) is 0 Å². The maximum Gasteiger partial charge on any atom is 0.255 e. The van der Waals surface area contributed by atoms with Crippen LogP contribution in [0.4, 0.5) is 5.69 Å². The Bertz CT molecular complexity index is 893. The van der Waals surface area contributed by atoms with Crippen molar-refractivity contribution in [1.29, 1.82) is 0 Å². The number of ketones is 1. The molecule has 0 saturated carbocycles. The molecule has 3 rings (SSSR count). The van der Waals surface area contributed by atoms with Crippen LogP contribution in [0, 0.1) is 6.92 Å². The Morgan fingerprint density at radius 3 is 2.15 bits per heavy atom. The first kappa shape index (κ1) is 19.5. The molecule has 1 heterocycles. The quantitative estimate of drug-likeness (QED) is 0.509. The van der Waals surface area contributed by atoms with Crippen LogP contribution >= 0.6 is 17.0 Å². The van der Waals surface area contributed by atoms with E-state index in [9.17, 15) is 9.59 Å². The molecular weight excluding hydrogens is 392 g/mol. The summed E-state index contributed by atoms with van der Waals surface area (Å²) in [6, 6.07) is 21.8. The predicted molar refractivity (Wildman–Crippen MR) is 107 cm³/mol. The molecule has 1 N–H and O–H groups in total. The average Bonchev–Trinajstić information content (AvgIpc) is 2.65. The van der Waals surface area contributed by atoms with Gasteiger partial charge < -0.3 is 5.32 Å². The number of aromatic nitrogens is 1. The molecule has 3 aromatic rings. The van der Waals surface area contributed by atoms with Crippen molar-refractivity contribution in [3.8, 4) is 0 Å². The van der Waals surface area contributed by atoms with Crippen molar-refractivity contribution in [2.45, 2.75) is 13.5 Å². The first-order chi connectivity index (χ1) is 12.1. The third kappa shape index (κ3) is 4.86. The van der Waals surface area contributed by atoms with E-state index in [1.165, 1.54) is 0 Å². The third-order valence-electron chi connectivity index (χ3n) is 3.98. The molecule has 26 heavy (non-hydrogen) atoms. The second-order valence-corrected chi connectivity index (χ2v) is 5.79. The molecule has 0 unspecified atom stereocenters. The van der Waals surface area contributed by atoms with Crippen molar-refractivity contribution in [1.82, 2.24) is 0 Å². The zero-order valence-corrected chi connectivity index (χ0v) is 16.1. The van der Waals surface area contributed by atoms with Gasteiger partial charge in [-0.15, -0.1) is 17.0 Å². The first-order valence-electron chi connectivity index (χ1n) is 8.08. The standard InChI is InChI=1S/C21H18N2O2.BrH/c1-16-7-5-6-14-23(16)15-20(24)17-10-12-19(13-11-17)22-21(25)18-8-3-2-4-9-18;/h2-14H,15H2,1H3;1H/p+1. The molecule has 0 saturated heterocycles. The molecule has 0 aliphatic carbocycles. The number of pyridine rings is 1. The van der Waals surface area contributed by atoms with Crippen LogP contribution in [0.25, 0.3) is 0 Å². The highest BCUT2D eigenvalue weighted by molar-refractivity contribution is 8.93. The molecule has 1 amide bonds. The van der Waals surface area contributed by atoms with Gasteiger partial charge in [0.15, 0.2) is 11.9 Å². The van der Waals surface area contributed by atoms with Gasteiger partial charge in [0.25, 0.3) is 5.91 Å². The van der Waals surface area contributed by atoms with Crippen LogP contribution in [0.3, 0.4) is 0 Å². The molecule has 132 valence electrons. The normalized spacial score (nSPS) is 9.88. The molecule has 0 spiro atoms. The number of hydrogen-bond acceptors (Lipinski definition) is 2. The van der Waals surface area contributed by atoms with Crippen molar-refractivity contribution in [3.05, 3.63) is 95.8 Å². The van der Waals surface area contributed by atoms with Crippen molar-refractivity contribution in [2.75, 3.05) is 5.32 Å². The van der Waals surface area contributed by atoms with Crippen LogP contribution in [0.1, 0.15) is 26.4 Å². The summed E-state index contributed by atoms with van der Waals surface area (Å²) in [4.78, 5) is 24.5. The molecule has 5 heteroatoms. The fourth-order valence-electron chi connectivity index (χ4n) is 2.52. The lowest BCUT2D eigenvalue weighted by atomic mass is 10.1. The van der Waals surface area contributed by atoms with Gasteiger partial charge in [0.05, 0.1) is 0 Å². The number of hydrogen-bond donors (Lipinski definition) is 1. The maximum absolute atomic E-state index is 12.4. The number of benzene rings is 2. The molecule has 0 radical (unpaired) electrons. The summed E-state index contributed by atoms with van der Waals surface area (Å²) < 4.78 is 1.91. The van der Waals surface area contributed by atoms with E-state index in [0.29, 0.717) is 23.4 Å². The number of nitrogens with zero attached hydrogens (tertiary/aromatic N) is 1. The van der Waals surface area contributed by atoms with E-state index in [0.717, 1.165) is 5.69 Å². The predicted octanol–water partition coefficient (Wildman–Crippen LogP) is 4.00. The monoisotopic (exact) mass is 411 g/mol. The largest absolute Gasteiger partial charge is 0.322 e. The van der Waals surface area contributed by atoms with Crippen LogP contribution in [0.2, 0.25) is 0 Å². The average molecular weight is 412 g/mol. The lowest BCUT2D eigenvalue weighted by molar-refractivity contribution is -0.689. The fourth-order valence-corrected chi connectivity index (χ4v) is 2.52. The Morgan fingerprint density at radius 1 is 0.846 bits per heavy atom. The van der Waals surface area contributed by atoms with Gasteiger partial charge in [0, 0.05) is 35.9 Å². The fraction of sp³-hybridized carbons (Fsp3) is 0.0952. The van der Waals surface area contributed by atoms with Gasteiger partial charge >= 0.3 is 0 Å². The molecular formula is C21H20BrN2O2+. The van der Waals surface area contributed by atoms with Crippen LogP contribution in [-0.4, -0.2) is 11.7 Å². The minimum atomic E-state index is -0.171. The number of aryl methyl sites for hydroxylation is 1. The number of Topliss-reactive ketones (excluding diaryl/α,β-unsaturated/α-hetero) is 1. The molecule has 0 aliphatic rings. The van der Waals surface area contributed by atoms with E-state index >= 15 is 0 Å². The minimum Gasteiger partial charge on any atom is -0.322 e. The van der Waals surface area contributed by atoms with Crippen LogP contribution in [0.5, 0.6) is 0 Å². The van der Waals surface area contributed by atoms with Gasteiger partial charge in [-0.3, -0.25) is 9.59 Å². The Labute approximate surface area is 163 Å². The van der Waals surface area contributed by atoms with Gasteiger partial charge in [0.2, 0.25) is 12.3 Å². The van der Waals surface area contributed by atoms with E-state index in [1.54, 1.807) is 36.4 Å².